The number of hydrogen-bond donors (Lipinski definition) is 1. The molecule has 0 saturated carbocycles. The van der Waals surface area contributed by atoms with Crippen molar-refractivity contribution >= 4 is 11.9 Å². The molecule has 0 amide bonds. The van der Waals surface area contributed by atoms with Crippen molar-refractivity contribution in [2.45, 2.75) is 18.8 Å². The van der Waals surface area contributed by atoms with Gasteiger partial charge in [-0.15, -0.1) is 0 Å². The Bertz CT molecular complexity index is 898. The molecule has 2 heteroatoms. The van der Waals surface area contributed by atoms with Gasteiger partial charge in [-0.25, -0.2) is 0 Å². The molecule has 0 aromatic heterocycles. The second-order valence-electron chi connectivity index (χ2n) is 6.18. The molecule has 0 saturated heterocycles. The van der Waals surface area contributed by atoms with Crippen molar-refractivity contribution in [3.8, 4) is 16.9 Å². The fraction of sp³-hybridized carbons (Fsp3) is 0.136. The van der Waals surface area contributed by atoms with Gasteiger partial charge in [0.25, 0.3) is 0 Å². The lowest BCUT2D eigenvalue weighted by molar-refractivity contribution is 0.475. The van der Waals surface area contributed by atoms with Crippen molar-refractivity contribution in [3.63, 3.8) is 0 Å². The number of rotatable bonds is 2. The summed E-state index contributed by atoms with van der Waals surface area (Å²) in [4.78, 5) is 4.60. The molecule has 1 atom stereocenters. The van der Waals surface area contributed by atoms with Crippen LogP contribution in [0.1, 0.15) is 29.9 Å². The monoisotopic (exact) mass is 313 g/mol. The fourth-order valence-electron chi connectivity index (χ4n) is 3.43. The molecule has 1 aliphatic heterocycles. The highest BCUT2D eigenvalue weighted by Gasteiger charge is 2.19. The number of phenols is 1. The molecule has 4 rings (SSSR count). The van der Waals surface area contributed by atoms with Gasteiger partial charge >= 0.3 is 0 Å². The van der Waals surface area contributed by atoms with E-state index in [1.54, 1.807) is 6.07 Å². The van der Waals surface area contributed by atoms with Gasteiger partial charge in [-0.2, -0.15) is 0 Å². The third kappa shape index (κ3) is 2.83. The second kappa shape index (κ2) is 6.32. The molecule has 3 aromatic rings. The number of phenolic OH excluding ortho intramolecular Hbond substituents is 1. The number of benzene rings is 3. The Balaban J connectivity index is 1.77. The van der Waals surface area contributed by atoms with E-state index in [0.29, 0.717) is 11.7 Å². The van der Waals surface area contributed by atoms with Gasteiger partial charge in [0.1, 0.15) is 5.75 Å². The summed E-state index contributed by atoms with van der Waals surface area (Å²) >= 11 is 0. The smallest absolute Gasteiger partial charge is 0.116 e. The topological polar surface area (TPSA) is 32.6 Å². The molecule has 2 nitrogen and oxygen atoms in total. The number of nitrogens with zero attached hydrogens (tertiary/aromatic N) is 1. The molecule has 3 aromatic carbocycles. The summed E-state index contributed by atoms with van der Waals surface area (Å²) in [6.45, 7) is 0. The quantitative estimate of drug-likeness (QED) is 0.648. The van der Waals surface area contributed by atoms with Gasteiger partial charge in [0.2, 0.25) is 0 Å². The first kappa shape index (κ1) is 14.7. The molecular formula is C22H19NO. The molecule has 0 spiro atoms. The molecular weight excluding hydrogens is 294 g/mol. The van der Waals surface area contributed by atoms with Crippen molar-refractivity contribution in [1.29, 1.82) is 0 Å². The van der Waals surface area contributed by atoms with Crippen LogP contribution in [0.2, 0.25) is 0 Å². The molecule has 1 heterocycles. The van der Waals surface area contributed by atoms with Gasteiger partial charge in [0.15, 0.2) is 0 Å². The number of fused-ring (bicyclic) bond motifs is 1. The van der Waals surface area contributed by atoms with Crippen LogP contribution in [0, 0.1) is 0 Å². The molecule has 0 radical (unpaired) electrons. The molecule has 1 aliphatic rings. The molecule has 0 bridgehead atoms. The van der Waals surface area contributed by atoms with Gasteiger partial charge in [-0.3, -0.25) is 4.99 Å². The maximum absolute atomic E-state index is 9.74. The van der Waals surface area contributed by atoms with Crippen LogP contribution in [0.5, 0.6) is 5.75 Å². The van der Waals surface area contributed by atoms with Crippen LogP contribution in [-0.4, -0.2) is 11.3 Å². The van der Waals surface area contributed by atoms with Crippen LogP contribution in [0.3, 0.4) is 0 Å². The van der Waals surface area contributed by atoms with Gasteiger partial charge in [0, 0.05) is 12.1 Å². The molecule has 118 valence electrons. The lowest BCUT2D eigenvalue weighted by atomic mass is 9.86. The number of para-hydroxylation sites is 1. The van der Waals surface area contributed by atoms with Crippen molar-refractivity contribution in [3.05, 3.63) is 83.9 Å². The van der Waals surface area contributed by atoms with Crippen LogP contribution in [0.4, 0.5) is 5.69 Å². The Morgan fingerprint density at radius 2 is 1.62 bits per heavy atom. The van der Waals surface area contributed by atoms with E-state index in [4.69, 9.17) is 0 Å². The Morgan fingerprint density at radius 1 is 0.833 bits per heavy atom. The Labute approximate surface area is 142 Å². The minimum Gasteiger partial charge on any atom is -0.508 e. The molecule has 24 heavy (non-hydrogen) atoms. The Morgan fingerprint density at radius 3 is 2.50 bits per heavy atom. The largest absolute Gasteiger partial charge is 0.508 e. The highest BCUT2D eigenvalue weighted by molar-refractivity contribution is 5.69. The average molecular weight is 313 g/mol. The van der Waals surface area contributed by atoms with Gasteiger partial charge in [0.05, 0.1) is 5.69 Å². The zero-order chi connectivity index (χ0) is 16.4. The van der Waals surface area contributed by atoms with E-state index in [2.05, 4.69) is 47.5 Å². The molecule has 1 unspecified atom stereocenters. The maximum atomic E-state index is 9.74. The first-order valence-electron chi connectivity index (χ1n) is 8.32. The summed E-state index contributed by atoms with van der Waals surface area (Å²) in [7, 11) is 0. The molecule has 1 N–H and O–H groups in total. The highest BCUT2D eigenvalue weighted by atomic mass is 16.3. The van der Waals surface area contributed by atoms with Crippen LogP contribution in [0.15, 0.2) is 77.8 Å². The number of aromatic hydroxyl groups is 1. The van der Waals surface area contributed by atoms with E-state index < -0.39 is 0 Å². The van der Waals surface area contributed by atoms with Gasteiger partial charge in [-0.05, 0) is 53.3 Å². The maximum Gasteiger partial charge on any atom is 0.116 e. The zero-order valence-corrected chi connectivity index (χ0v) is 13.4. The van der Waals surface area contributed by atoms with E-state index in [-0.39, 0.29) is 0 Å². The van der Waals surface area contributed by atoms with Crippen LogP contribution < -0.4 is 0 Å². The van der Waals surface area contributed by atoms with Crippen molar-refractivity contribution in [2.75, 3.05) is 0 Å². The van der Waals surface area contributed by atoms with E-state index in [9.17, 15) is 5.11 Å². The van der Waals surface area contributed by atoms with E-state index in [0.717, 1.165) is 29.7 Å². The van der Waals surface area contributed by atoms with Gasteiger partial charge < -0.3 is 5.11 Å². The molecule has 0 aliphatic carbocycles. The third-order valence-corrected chi connectivity index (χ3v) is 4.60. The van der Waals surface area contributed by atoms with Crippen LogP contribution in [0.25, 0.3) is 11.1 Å². The fourth-order valence-corrected chi connectivity index (χ4v) is 3.43. The van der Waals surface area contributed by atoms with E-state index in [1.807, 2.05) is 30.5 Å². The first-order chi connectivity index (χ1) is 11.8. The minimum absolute atomic E-state index is 0.297. The zero-order valence-electron chi connectivity index (χ0n) is 13.4. The highest BCUT2D eigenvalue weighted by Crippen LogP contribution is 2.38. The standard InChI is InChI=1S/C22H19NO/c24-19-9-4-7-17(15-19)16-6-3-8-18(14-16)20-11-5-13-23-22-12-2-1-10-21(20)22/h1-4,6-10,12-15,20,24H,5,11H2. The lowest BCUT2D eigenvalue weighted by Crippen LogP contribution is -2.01. The summed E-state index contributed by atoms with van der Waals surface area (Å²) in [5, 5.41) is 9.74. The van der Waals surface area contributed by atoms with Crippen LogP contribution >= 0.6 is 0 Å². The number of hydrogen-bond acceptors (Lipinski definition) is 2. The number of aliphatic imine (C=N–C) groups is 1. The molecule has 0 fully saturated rings. The Hall–Kier alpha value is -2.87. The minimum atomic E-state index is 0.297. The first-order valence-corrected chi connectivity index (χ1v) is 8.32. The SMILES string of the molecule is Oc1cccc(-c2cccc(C3CCC=Nc4ccccc43)c2)c1. The van der Waals surface area contributed by atoms with E-state index in [1.165, 1.54) is 11.1 Å². The second-order valence-corrected chi connectivity index (χ2v) is 6.18. The predicted octanol–water partition coefficient (Wildman–Crippen LogP) is 5.69. The summed E-state index contributed by atoms with van der Waals surface area (Å²) in [6.07, 6.45) is 4.07. The van der Waals surface area contributed by atoms with E-state index >= 15 is 0 Å². The summed E-state index contributed by atoms with van der Waals surface area (Å²) in [5.74, 6) is 0.645. The van der Waals surface area contributed by atoms with Crippen molar-refractivity contribution in [2.24, 2.45) is 4.99 Å². The summed E-state index contributed by atoms with van der Waals surface area (Å²) < 4.78 is 0. The average Bonchev–Trinajstić information content (AvgIpc) is 2.84. The predicted molar refractivity (Wildman–Crippen MR) is 99.2 cm³/mol. The lowest BCUT2D eigenvalue weighted by Gasteiger charge is -2.18. The van der Waals surface area contributed by atoms with Gasteiger partial charge in [-0.1, -0.05) is 54.6 Å². The summed E-state index contributed by atoms with van der Waals surface area (Å²) in [6, 6.07) is 24.5. The van der Waals surface area contributed by atoms with Crippen LogP contribution in [-0.2, 0) is 0 Å². The van der Waals surface area contributed by atoms with Crippen molar-refractivity contribution < 1.29 is 5.11 Å². The third-order valence-electron chi connectivity index (χ3n) is 4.60. The van der Waals surface area contributed by atoms with Crippen molar-refractivity contribution in [1.82, 2.24) is 0 Å². The summed E-state index contributed by atoms with van der Waals surface area (Å²) in [5.41, 5.74) is 5.83. The Kier molecular flexibility index (Phi) is 3.87. The normalized spacial score (nSPS) is 16.4.